The van der Waals surface area contributed by atoms with Gasteiger partial charge >= 0.3 is 0 Å². The fourth-order valence-corrected chi connectivity index (χ4v) is 7.38. The number of nitrogens with one attached hydrogen (secondary N) is 3. The molecule has 2 fully saturated rings. The number of rotatable bonds is 10. The molecule has 3 unspecified atom stereocenters. The Morgan fingerprint density at radius 1 is 1.25 bits per heavy atom. The highest BCUT2D eigenvalue weighted by Gasteiger charge is 2.58. The van der Waals surface area contributed by atoms with Crippen molar-refractivity contribution in [2.45, 2.75) is 69.6 Å². The molecule has 0 radical (unpaired) electrons. The van der Waals surface area contributed by atoms with Gasteiger partial charge in [0.05, 0.1) is 17.1 Å². The molecule has 5 atom stereocenters. The minimum atomic E-state index is -1.04. The van der Waals surface area contributed by atoms with Gasteiger partial charge in [0.2, 0.25) is 0 Å². The molecule has 2 aromatic carbocycles. The molecule has 10 nitrogen and oxygen atoms in total. The predicted molar refractivity (Wildman–Crippen MR) is 162 cm³/mol. The molecule has 3 aliphatic rings. The molecule has 1 amide bonds. The number of benzene rings is 2. The normalized spacial score (nSPS) is 25.3. The Bertz CT molecular complexity index is 1610. The van der Waals surface area contributed by atoms with Crippen molar-refractivity contribution in [3.05, 3.63) is 88.1 Å². The SMILES string of the molecule is C=C(CNCCC1(c2nn[nH]n2)c2ccc(F)cc2CCc2cc(C(=O)NCC(C)(C)O)ccc21)N1C(C#N)C[C@@H]2C1[C@H]2C. The summed E-state index contributed by atoms with van der Waals surface area (Å²) in [5, 5.41) is 41.6. The van der Waals surface area contributed by atoms with Crippen LogP contribution in [0.2, 0.25) is 0 Å². The van der Waals surface area contributed by atoms with Gasteiger partial charge < -0.3 is 20.6 Å². The summed E-state index contributed by atoms with van der Waals surface area (Å²) in [5.41, 5.74) is 3.10. The van der Waals surface area contributed by atoms with Crippen LogP contribution < -0.4 is 10.6 Å². The first kappa shape index (κ1) is 29.9. The Morgan fingerprint density at radius 2 is 1.98 bits per heavy atom. The second-order valence-corrected chi connectivity index (χ2v) is 13.1. The van der Waals surface area contributed by atoms with Gasteiger partial charge in [-0.05, 0) is 104 Å². The number of H-pyrrole nitrogens is 1. The van der Waals surface area contributed by atoms with Gasteiger partial charge in [0, 0.05) is 30.4 Å². The van der Waals surface area contributed by atoms with E-state index in [2.05, 4.69) is 55.7 Å². The van der Waals surface area contributed by atoms with Crippen LogP contribution >= 0.6 is 0 Å². The van der Waals surface area contributed by atoms with E-state index in [-0.39, 0.29) is 24.3 Å². The highest BCUT2D eigenvalue weighted by atomic mass is 19.1. The van der Waals surface area contributed by atoms with Gasteiger partial charge in [0.15, 0.2) is 5.82 Å². The average Bonchev–Trinajstić information content (AvgIpc) is 3.36. The summed E-state index contributed by atoms with van der Waals surface area (Å²) in [6, 6.07) is 13.2. The third-order valence-corrected chi connectivity index (χ3v) is 9.61. The summed E-state index contributed by atoms with van der Waals surface area (Å²) in [6.45, 7) is 11.0. The van der Waals surface area contributed by atoms with Gasteiger partial charge in [0.25, 0.3) is 5.91 Å². The zero-order valence-corrected chi connectivity index (χ0v) is 25.4. The number of aryl methyl sites for hydroxylation is 2. The topological polar surface area (TPSA) is 143 Å². The largest absolute Gasteiger partial charge is 0.389 e. The van der Waals surface area contributed by atoms with Crippen LogP contribution in [0.3, 0.4) is 0 Å². The molecule has 6 rings (SSSR count). The number of amides is 1. The van der Waals surface area contributed by atoms with E-state index in [9.17, 15) is 19.6 Å². The van der Waals surface area contributed by atoms with Crippen LogP contribution in [0, 0.1) is 29.0 Å². The highest BCUT2D eigenvalue weighted by Crippen LogP contribution is 2.54. The summed E-state index contributed by atoms with van der Waals surface area (Å²) in [6.07, 6.45) is 2.58. The van der Waals surface area contributed by atoms with Gasteiger partial charge in [0.1, 0.15) is 11.9 Å². The van der Waals surface area contributed by atoms with E-state index in [1.165, 1.54) is 6.07 Å². The number of halogens is 1. The average molecular weight is 599 g/mol. The Morgan fingerprint density at radius 3 is 2.66 bits per heavy atom. The Balaban J connectivity index is 1.32. The lowest BCUT2D eigenvalue weighted by Crippen LogP contribution is -2.39. The quantitative estimate of drug-likeness (QED) is 0.261. The standard InChI is InChI=1S/C33H39FN8O2/c1-19(42-25(16-35)15-26-20(2)29(26)42)17-36-12-11-33(31-38-40-41-39-31)27-9-7-23(30(43)37-18-32(3,4)44)13-21(27)5-6-22-14-24(34)8-10-28(22)33/h7-10,13-14,20,25-26,29,36,44H,1,5-6,11-12,15,17-18H2,2-4H3,(H,37,43)(H,38,39,40,41)/t20-,25?,26-,29?,33?/m0/s1. The monoisotopic (exact) mass is 598 g/mol. The van der Waals surface area contributed by atoms with E-state index in [4.69, 9.17) is 0 Å². The molecule has 2 heterocycles. The molecular weight excluding hydrogens is 559 g/mol. The number of hydrogen-bond donors (Lipinski definition) is 4. The number of piperidine rings is 1. The van der Waals surface area contributed by atoms with E-state index in [0.29, 0.717) is 61.6 Å². The molecule has 1 aliphatic heterocycles. The van der Waals surface area contributed by atoms with Gasteiger partial charge in [-0.3, -0.25) is 4.79 Å². The minimum Gasteiger partial charge on any atom is -0.389 e. The van der Waals surface area contributed by atoms with Crippen LogP contribution in [0.1, 0.15) is 72.0 Å². The van der Waals surface area contributed by atoms with Crippen molar-refractivity contribution in [3.8, 4) is 6.07 Å². The van der Waals surface area contributed by atoms with Crippen LogP contribution in [0.4, 0.5) is 4.39 Å². The summed E-state index contributed by atoms with van der Waals surface area (Å²) >= 11 is 0. The zero-order valence-electron chi connectivity index (χ0n) is 25.4. The molecule has 2 aliphatic carbocycles. The predicted octanol–water partition coefficient (Wildman–Crippen LogP) is 3.00. The van der Waals surface area contributed by atoms with E-state index < -0.39 is 11.0 Å². The van der Waals surface area contributed by atoms with Crippen molar-refractivity contribution in [1.29, 1.82) is 5.26 Å². The minimum absolute atomic E-state index is 0.115. The molecule has 1 aromatic heterocycles. The van der Waals surface area contributed by atoms with Crippen LogP contribution in [0.25, 0.3) is 0 Å². The van der Waals surface area contributed by atoms with Gasteiger partial charge in [-0.15, -0.1) is 10.2 Å². The number of hydrogen-bond acceptors (Lipinski definition) is 8. The maximum atomic E-state index is 14.6. The third kappa shape index (κ3) is 5.37. The molecule has 11 heteroatoms. The first-order valence-corrected chi connectivity index (χ1v) is 15.3. The fourth-order valence-electron chi connectivity index (χ4n) is 7.38. The summed E-state index contributed by atoms with van der Waals surface area (Å²) in [5.74, 6) is 1.02. The van der Waals surface area contributed by atoms with Crippen LogP contribution in [0.5, 0.6) is 0 Å². The lowest BCUT2D eigenvalue weighted by molar-refractivity contribution is 0.0694. The number of carbonyl (C=O) groups is 1. The number of nitriles is 1. The first-order valence-electron chi connectivity index (χ1n) is 15.3. The second kappa shape index (κ2) is 11.4. The number of carbonyl (C=O) groups excluding carboxylic acids is 1. The van der Waals surface area contributed by atoms with Crippen molar-refractivity contribution in [2.75, 3.05) is 19.6 Å². The Labute approximate surface area is 256 Å². The molecule has 0 bridgehead atoms. The molecule has 0 spiro atoms. The molecule has 1 saturated carbocycles. The van der Waals surface area contributed by atoms with Gasteiger partial charge in [-0.2, -0.15) is 10.5 Å². The molecule has 4 N–H and O–H groups in total. The number of tetrazole rings is 1. The smallest absolute Gasteiger partial charge is 0.251 e. The molecule has 1 saturated heterocycles. The lowest BCUT2D eigenvalue weighted by atomic mass is 9.69. The number of aromatic nitrogens is 4. The maximum Gasteiger partial charge on any atom is 0.251 e. The number of nitrogens with zero attached hydrogens (tertiary/aromatic N) is 5. The maximum absolute atomic E-state index is 14.6. The van der Waals surface area contributed by atoms with Crippen molar-refractivity contribution < 1.29 is 14.3 Å². The summed E-state index contributed by atoms with van der Waals surface area (Å²) in [4.78, 5) is 15.2. The zero-order chi connectivity index (χ0) is 31.2. The number of likely N-dealkylation sites (tertiary alicyclic amines) is 1. The molecule has 230 valence electrons. The third-order valence-electron chi connectivity index (χ3n) is 9.61. The molecule has 44 heavy (non-hydrogen) atoms. The van der Waals surface area contributed by atoms with Crippen molar-refractivity contribution in [3.63, 3.8) is 0 Å². The fraction of sp³-hybridized carbons (Fsp3) is 0.485. The van der Waals surface area contributed by atoms with Gasteiger partial charge in [-0.1, -0.05) is 30.8 Å². The van der Waals surface area contributed by atoms with Crippen molar-refractivity contribution >= 4 is 5.91 Å². The number of fused-ring (bicyclic) bond motifs is 3. The van der Waals surface area contributed by atoms with E-state index in [1.54, 1.807) is 26.0 Å². The summed E-state index contributed by atoms with van der Waals surface area (Å²) < 4.78 is 14.6. The second-order valence-electron chi connectivity index (χ2n) is 13.1. The van der Waals surface area contributed by atoms with E-state index in [1.807, 2.05) is 18.2 Å². The van der Waals surface area contributed by atoms with Crippen molar-refractivity contribution in [2.24, 2.45) is 11.8 Å². The van der Waals surface area contributed by atoms with E-state index >= 15 is 0 Å². The number of aliphatic hydroxyl groups is 1. The van der Waals surface area contributed by atoms with Crippen LogP contribution in [-0.4, -0.2) is 73.9 Å². The number of aromatic amines is 1. The van der Waals surface area contributed by atoms with Crippen LogP contribution in [0.15, 0.2) is 48.7 Å². The Hall–Kier alpha value is -4.14. The highest BCUT2D eigenvalue weighted by molar-refractivity contribution is 5.94. The van der Waals surface area contributed by atoms with E-state index in [0.717, 1.165) is 34.4 Å². The van der Waals surface area contributed by atoms with Crippen molar-refractivity contribution in [1.82, 2.24) is 36.2 Å². The van der Waals surface area contributed by atoms with Gasteiger partial charge in [-0.25, -0.2) is 4.39 Å². The summed E-state index contributed by atoms with van der Waals surface area (Å²) in [7, 11) is 0. The lowest BCUT2D eigenvalue weighted by Gasteiger charge is -2.34. The Kier molecular flexibility index (Phi) is 7.76. The first-order chi connectivity index (χ1) is 21.0. The molecular formula is C33H39FN8O2. The molecule has 3 aromatic rings. The van der Waals surface area contributed by atoms with Crippen LogP contribution in [-0.2, 0) is 18.3 Å².